The molecular weight excluding hydrogens is 254 g/mol. The first kappa shape index (κ1) is 13.9. The Kier molecular flexibility index (Phi) is 4.60. The molecule has 0 aliphatic carbocycles. The Morgan fingerprint density at radius 1 is 1.15 bits per heavy atom. The van der Waals surface area contributed by atoms with Crippen LogP contribution in [0.2, 0.25) is 0 Å². The molecule has 2 aromatic carbocycles. The molecule has 0 spiro atoms. The quantitative estimate of drug-likeness (QED) is 0.899. The number of carbonyl (C=O) groups is 1. The zero-order valence-electron chi connectivity index (χ0n) is 11.6. The third-order valence-electron chi connectivity index (χ3n) is 2.62. The van der Waals surface area contributed by atoms with Gasteiger partial charge in [0.05, 0.1) is 12.3 Å². The lowest BCUT2D eigenvalue weighted by molar-refractivity contribution is 0.168. The molecule has 0 saturated heterocycles. The molecule has 2 aromatic rings. The molecule has 104 valence electrons. The summed E-state index contributed by atoms with van der Waals surface area (Å²) >= 11 is 0. The fraction of sp³-hybridized carbons (Fsp3) is 0.188. The van der Waals surface area contributed by atoms with Crippen LogP contribution in [-0.2, 0) is 4.74 Å². The Bertz CT molecular complexity index is 596. The summed E-state index contributed by atoms with van der Waals surface area (Å²) in [5.41, 5.74) is 1.69. The molecule has 0 bridgehead atoms. The van der Waals surface area contributed by atoms with Crippen molar-refractivity contribution in [3.05, 3.63) is 54.1 Å². The second-order valence-corrected chi connectivity index (χ2v) is 4.26. The summed E-state index contributed by atoms with van der Waals surface area (Å²) in [4.78, 5) is 11.5. The first-order valence-corrected chi connectivity index (χ1v) is 6.46. The lowest BCUT2D eigenvalue weighted by Gasteiger charge is -2.12. The Morgan fingerprint density at radius 3 is 2.70 bits per heavy atom. The maximum Gasteiger partial charge on any atom is 0.411 e. The average molecular weight is 271 g/mol. The lowest BCUT2D eigenvalue weighted by Crippen LogP contribution is -2.13. The van der Waals surface area contributed by atoms with Crippen LogP contribution in [0.4, 0.5) is 10.5 Å². The van der Waals surface area contributed by atoms with Crippen LogP contribution in [0.25, 0.3) is 0 Å². The number of aryl methyl sites for hydroxylation is 1. The largest absolute Gasteiger partial charge is 0.455 e. The molecule has 4 nitrogen and oxygen atoms in total. The molecule has 0 aliphatic rings. The van der Waals surface area contributed by atoms with E-state index in [4.69, 9.17) is 9.47 Å². The smallest absolute Gasteiger partial charge is 0.411 e. The number of rotatable bonds is 4. The van der Waals surface area contributed by atoms with Crippen molar-refractivity contribution in [1.29, 1.82) is 0 Å². The van der Waals surface area contributed by atoms with Crippen LogP contribution < -0.4 is 10.1 Å². The van der Waals surface area contributed by atoms with Crippen molar-refractivity contribution in [3.8, 4) is 11.5 Å². The first-order valence-electron chi connectivity index (χ1n) is 6.46. The summed E-state index contributed by atoms with van der Waals surface area (Å²) in [7, 11) is 0. The molecule has 4 heteroatoms. The highest BCUT2D eigenvalue weighted by Gasteiger charge is 2.08. The van der Waals surface area contributed by atoms with E-state index in [0.717, 1.165) is 11.3 Å². The summed E-state index contributed by atoms with van der Waals surface area (Å²) in [5, 5.41) is 2.66. The molecule has 0 heterocycles. The maximum atomic E-state index is 11.5. The highest BCUT2D eigenvalue weighted by Crippen LogP contribution is 2.29. The molecule has 2 rings (SSSR count). The van der Waals surface area contributed by atoms with Crippen molar-refractivity contribution >= 4 is 11.8 Å². The number of amides is 1. The number of hydrogen-bond acceptors (Lipinski definition) is 3. The molecule has 0 atom stereocenters. The summed E-state index contributed by atoms with van der Waals surface area (Å²) in [6.07, 6.45) is -0.493. The second kappa shape index (κ2) is 6.61. The van der Waals surface area contributed by atoms with E-state index in [2.05, 4.69) is 5.32 Å². The molecule has 0 saturated carbocycles. The van der Waals surface area contributed by atoms with Crippen molar-refractivity contribution in [2.45, 2.75) is 13.8 Å². The molecular formula is C16H17NO3. The number of nitrogens with one attached hydrogen (secondary N) is 1. The Balaban J connectivity index is 2.17. The van der Waals surface area contributed by atoms with Crippen LogP contribution in [0.5, 0.6) is 11.5 Å². The van der Waals surface area contributed by atoms with Crippen LogP contribution >= 0.6 is 0 Å². The van der Waals surface area contributed by atoms with Crippen LogP contribution in [0.3, 0.4) is 0 Å². The fourth-order valence-electron chi connectivity index (χ4n) is 1.74. The third kappa shape index (κ3) is 3.75. The molecule has 0 aromatic heterocycles. The topological polar surface area (TPSA) is 47.6 Å². The van der Waals surface area contributed by atoms with E-state index in [9.17, 15) is 4.79 Å². The van der Waals surface area contributed by atoms with Crippen molar-refractivity contribution < 1.29 is 14.3 Å². The summed E-state index contributed by atoms with van der Waals surface area (Å²) < 4.78 is 10.7. The summed E-state index contributed by atoms with van der Waals surface area (Å²) in [5.74, 6) is 1.30. The SMILES string of the molecule is CCOC(=O)Nc1ccccc1Oc1cccc(C)c1. The van der Waals surface area contributed by atoms with Crippen LogP contribution in [0.15, 0.2) is 48.5 Å². The molecule has 1 amide bonds. The minimum atomic E-state index is -0.493. The van der Waals surface area contributed by atoms with Gasteiger partial charge in [0.2, 0.25) is 0 Å². The van der Waals surface area contributed by atoms with E-state index in [1.165, 1.54) is 0 Å². The number of anilines is 1. The van der Waals surface area contributed by atoms with Gasteiger partial charge in [0, 0.05) is 0 Å². The van der Waals surface area contributed by atoms with Crippen LogP contribution in [0.1, 0.15) is 12.5 Å². The van der Waals surface area contributed by atoms with Gasteiger partial charge in [-0.05, 0) is 43.7 Å². The van der Waals surface area contributed by atoms with Crippen molar-refractivity contribution in [1.82, 2.24) is 0 Å². The van der Waals surface area contributed by atoms with E-state index < -0.39 is 6.09 Å². The van der Waals surface area contributed by atoms with E-state index in [-0.39, 0.29) is 0 Å². The van der Waals surface area contributed by atoms with E-state index in [0.29, 0.717) is 18.0 Å². The van der Waals surface area contributed by atoms with Gasteiger partial charge in [0.1, 0.15) is 5.75 Å². The van der Waals surface area contributed by atoms with E-state index >= 15 is 0 Å². The predicted octanol–water partition coefficient (Wildman–Crippen LogP) is 4.36. The number of para-hydroxylation sites is 2. The lowest BCUT2D eigenvalue weighted by atomic mass is 10.2. The van der Waals surface area contributed by atoms with Crippen molar-refractivity contribution in [2.24, 2.45) is 0 Å². The highest BCUT2D eigenvalue weighted by molar-refractivity contribution is 5.86. The van der Waals surface area contributed by atoms with Gasteiger partial charge in [-0.15, -0.1) is 0 Å². The Labute approximate surface area is 118 Å². The van der Waals surface area contributed by atoms with Gasteiger partial charge < -0.3 is 9.47 Å². The zero-order chi connectivity index (χ0) is 14.4. The fourth-order valence-corrected chi connectivity index (χ4v) is 1.74. The van der Waals surface area contributed by atoms with Gasteiger partial charge in [-0.2, -0.15) is 0 Å². The highest BCUT2D eigenvalue weighted by atomic mass is 16.5. The van der Waals surface area contributed by atoms with Gasteiger partial charge in [-0.25, -0.2) is 4.79 Å². The van der Waals surface area contributed by atoms with E-state index in [1.54, 1.807) is 19.1 Å². The van der Waals surface area contributed by atoms with Gasteiger partial charge in [-0.1, -0.05) is 24.3 Å². The van der Waals surface area contributed by atoms with Gasteiger partial charge in [0.15, 0.2) is 5.75 Å². The molecule has 0 aliphatic heterocycles. The van der Waals surface area contributed by atoms with Crippen molar-refractivity contribution in [2.75, 3.05) is 11.9 Å². The van der Waals surface area contributed by atoms with Crippen molar-refractivity contribution in [3.63, 3.8) is 0 Å². The van der Waals surface area contributed by atoms with Gasteiger partial charge in [-0.3, -0.25) is 5.32 Å². The predicted molar refractivity (Wildman–Crippen MR) is 78.3 cm³/mol. The summed E-state index contributed by atoms with van der Waals surface area (Å²) in [6, 6.07) is 15.0. The third-order valence-corrected chi connectivity index (χ3v) is 2.62. The molecule has 0 fully saturated rings. The van der Waals surface area contributed by atoms with Gasteiger partial charge in [0.25, 0.3) is 0 Å². The molecule has 0 radical (unpaired) electrons. The maximum absolute atomic E-state index is 11.5. The molecule has 0 unspecified atom stereocenters. The second-order valence-electron chi connectivity index (χ2n) is 4.26. The summed E-state index contributed by atoms with van der Waals surface area (Å²) in [6.45, 7) is 4.08. The number of carbonyl (C=O) groups excluding carboxylic acids is 1. The number of hydrogen-bond donors (Lipinski definition) is 1. The molecule has 20 heavy (non-hydrogen) atoms. The monoisotopic (exact) mass is 271 g/mol. The minimum Gasteiger partial charge on any atom is -0.455 e. The van der Waals surface area contributed by atoms with Gasteiger partial charge >= 0.3 is 6.09 Å². The Morgan fingerprint density at radius 2 is 1.95 bits per heavy atom. The number of ether oxygens (including phenoxy) is 2. The number of benzene rings is 2. The van der Waals surface area contributed by atoms with E-state index in [1.807, 2.05) is 43.3 Å². The normalized spacial score (nSPS) is 9.90. The average Bonchev–Trinajstić information content (AvgIpc) is 2.41. The van der Waals surface area contributed by atoms with Crippen LogP contribution in [0, 0.1) is 6.92 Å². The standard InChI is InChI=1S/C16H17NO3/c1-3-19-16(18)17-14-9-4-5-10-15(14)20-13-8-6-7-12(2)11-13/h4-11H,3H2,1-2H3,(H,17,18). The zero-order valence-corrected chi connectivity index (χ0v) is 11.6. The minimum absolute atomic E-state index is 0.326. The van der Waals surface area contributed by atoms with Crippen LogP contribution in [-0.4, -0.2) is 12.7 Å². The first-order chi connectivity index (χ1) is 9.69. The Hall–Kier alpha value is -2.49. The molecule has 1 N–H and O–H groups in total.